The molecule has 22 heavy (non-hydrogen) atoms. The molecule has 2 rings (SSSR count). The number of nitrogens with one attached hydrogen (secondary N) is 1. The number of ether oxygens (including phenoxy) is 2. The summed E-state index contributed by atoms with van der Waals surface area (Å²) in [6.07, 6.45) is -0.663. The summed E-state index contributed by atoms with van der Waals surface area (Å²) >= 11 is 9.23. The Labute approximate surface area is 142 Å². The van der Waals surface area contributed by atoms with Crippen molar-refractivity contribution in [3.8, 4) is 11.5 Å². The number of halogens is 2. The van der Waals surface area contributed by atoms with Crippen LogP contribution in [-0.2, 0) is 4.79 Å². The first kappa shape index (κ1) is 16.6. The van der Waals surface area contributed by atoms with Gasteiger partial charge in [-0.05, 0) is 53.2 Å². The number of amides is 1. The zero-order valence-corrected chi connectivity index (χ0v) is 14.4. The summed E-state index contributed by atoms with van der Waals surface area (Å²) in [6.45, 7) is 1.68. The summed E-state index contributed by atoms with van der Waals surface area (Å²) in [4.78, 5) is 12.2. The third-order valence-electron chi connectivity index (χ3n) is 2.90. The van der Waals surface area contributed by atoms with Crippen molar-refractivity contribution in [2.24, 2.45) is 0 Å². The number of carbonyl (C=O) groups is 1. The first-order valence-electron chi connectivity index (χ1n) is 6.56. The van der Waals surface area contributed by atoms with Crippen LogP contribution < -0.4 is 14.8 Å². The Hall–Kier alpha value is -1.72. The lowest BCUT2D eigenvalue weighted by Crippen LogP contribution is -2.30. The smallest absolute Gasteiger partial charge is 0.265 e. The second kappa shape index (κ2) is 7.51. The van der Waals surface area contributed by atoms with E-state index in [1.54, 1.807) is 56.5 Å². The summed E-state index contributed by atoms with van der Waals surface area (Å²) in [6, 6.07) is 12.3. The minimum Gasteiger partial charge on any atom is -0.497 e. The first-order valence-corrected chi connectivity index (χ1v) is 7.73. The predicted octanol–water partition coefficient (Wildman–Crippen LogP) is 4.52. The summed E-state index contributed by atoms with van der Waals surface area (Å²) < 4.78 is 11.5. The second-order valence-electron chi connectivity index (χ2n) is 4.56. The number of rotatable bonds is 5. The van der Waals surface area contributed by atoms with Gasteiger partial charge < -0.3 is 14.8 Å². The highest BCUT2D eigenvalue weighted by atomic mass is 79.9. The highest BCUT2D eigenvalue weighted by Crippen LogP contribution is 2.29. The van der Waals surface area contributed by atoms with Gasteiger partial charge in [0.25, 0.3) is 5.91 Å². The molecule has 1 N–H and O–H groups in total. The van der Waals surface area contributed by atoms with E-state index in [0.717, 1.165) is 0 Å². The van der Waals surface area contributed by atoms with E-state index >= 15 is 0 Å². The second-order valence-corrected chi connectivity index (χ2v) is 5.85. The van der Waals surface area contributed by atoms with Crippen molar-refractivity contribution in [1.82, 2.24) is 0 Å². The quantitative estimate of drug-likeness (QED) is 0.824. The number of hydrogen-bond acceptors (Lipinski definition) is 3. The van der Waals surface area contributed by atoms with Crippen molar-refractivity contribution in [3.05, 3.63) is 52.0 Å². The van der Waals surface area contributed by atoms with Crippen LogP contribution in [0.3, 0.4) is 0 Å². The molecule has 2 aromatic rings. The Balaban J connectivity index is 2.02. The number of anilines is 1. The molecule has 0 aliphatic rings. The molecular weight excluding hydrogens is 370 g/mol. The third kappa shape index (κ3) is 4.39. The molecule has 0 aliphatic carbocycles. The van der Waals surface area contributed by atoms with Crippen molar-refractivity contribution < 1.29 is 14.3 Å². The van der Waals surface area contributed by atoms with E-state index in [2.05, 4.69) is 21.2 Å². The van der Waals surface area contributed by atoms with Crippen molar-refractivity contribution in [2.45, 2.75) is 13.0 Å². The van der Waals surface area contributed by atoms with Crippen molar-refractivity contribution >= 4 is 39.1 Å². The van der Waals surface area contributed by atoms with Crippen LogP contribution in [0.1, 0.15) is 6.92 Å². The maximum atomic E-state index is 12.2. The van der Waals surface area contributed by atoms with Gasteiger partial charge in [-0.2, -0.15) is 0 Å². The Morgan fingerprint density at radius 1 is 1.27 bits per heavy atom. The molecule has 1 amide bonds. The van der Waals surface area contributed by atoms with E-state index in [1.807, 2.05) is 0 Å². The van der Waals surface area contributed by atoms with E-state index in [-0.39, 0.29) is 5.91 Å². The first-order chi connectivity index (χ1) is 10.5. The lowest BCUT2D eigenvalue weighted by atomic mass is 10.2. The maximum Gasteiger partial charge on any atom is 0.265 e. The van der Waals surface area contributed by atoms with E-state index < -0.39 is 6.10 Å². The highest BCUT2D eigenvalue weighted by molar-refractivity contribution is 9.10. The molecule has 0 radical (unpaired) electrons. The summed E-state index contributed by atoms with van der Waals surface area (Å²) in [7, 11) is 1.57. The molecular formula is C16H15BrClNO3. The topological polar surface area (TPSA) is 47.6 Å². The van der Waals surface area contributed by atoms with Gasteiger partial charge in [0.2, 0.25) is 0 Å². The largest absolute Gasteiger partial charge is 0.497 e. The maximum absolute atomic E-state index is 12.2. The molecule has 0 heterocycles. The van der Waals surface area contributed by atoms with Crippen LogP contribution in [-0.4, -0.2) is 19.1 Å². The van der Waals surface area contributed by atoms with Gasteiger partial charge in [-0.15, -0.1) is 0 Å². The van der Waals surface area contributed by atoms with Gasteiger partial charge in [0.05, 0.1) is 11.6 Å². The summed E-state index contributed by atoms with van der Waals surface area (Å²) in [5.41, 5.74) is 0.648. The molecule has 0 saturated heterocycles. The molecule has 0 bridgehead atoms. The minimum atomic E-state index is -0.663. The molecule has 4 nitrogen and oxygen atoms in total. The monoisotopic (exact) mass is 383 g/mol. The Morgan fingerprint density at radius 2 is 2.05 bits per heavy atom. The fourth-order valence-electron chi connectivity index (χ4n) is 1.76. The van der Waals surface area contributed by atoms with Crippen LogP contribution in [0.4, 0.5) is 5.69 Å². The normalized spacial score (nSPS) is 11.6. The van der Waals surface area contributed by atoms with Gasteiger partial charge in [-0.25, -0.2) is 0 Å². The van der Waals surface area contributed by atoms with Crippen LogP contribution in [0.2, 0.25) is 5.02 Å². The Kier molecular flexibility index (Phi) is 5.69. The van der Waals surface area contributed by atoms with Crippen LogP contribution in [0.5, 0.6) is 11.5 Å². The zero-order valence-electron chi connectivity index (χ0n) is 12.1. The van der Waals surface area contributed by atoms with E-state index in [4.69, 9.17) is 21.1 Å². The molecule has 0 aromatic heterocycles. The average molecular weight is 385 g/mol. The lowest BCUT2D eigenvalue weighted by molar-refractivity contribution is -0.122. The lowest BCUT2D eigenvalue weighted by Gasteiger charge is -2.16. The summed E-state index contributed by atoms with van der Waals surface area (Å²) in [5.74, 6) is 0.972. The Bertz CT molecular complexity index is 678. The molecule has 0 fully saturated rings. The van der Waals surface area contributed by atoms with Crippen molar-refractivity contribution in [3.63, 3.8) is 0 Å². The van der Waals surface area contributed by atoms with Crippen LogP contribution in [0.25, 0.3) is 0 Å². The molecule has 2 aromatic carbocycles. The highest BCUT2D eigenvalue weighted by Gasteiger charge is 2.16. The molecule has 0 aliphatic heterocycles. The van der Waals surface area contributed by atoms with Gasteiger partial charge >= 0.3 is 0 Å². The predicted molar refractivity (Wildman–Crippen MR) is 90.9 cm³/mol. The molecule has 0 spiro atoms. The van der Waals surface area contributed by atoms with E-state index in [0.29, 0.717) is 26.7 Å². The van der Waals surface area contributed by atoms with Gasteiger partial charge in [0, 0.05) is 16.8 Å². The zero-order chi connectivity index (χ0) is 16.1. The number of benzene rings is 2. The standard InChI is InChI=1S/C16H15BrClNO3/c1-10(22-15-7-6-11(18)8-14(15)17)16(20)19-12-4-3-5-13(9-12)21-2/h3-10H,1-2H3,(H,19,20)/t10-/m0/s1. The van der Waals surface area contributed by atoms with Crippen LogP contribution in [0, 0.1) is 0 Å². The van der Waals surface area contributed by atoms with Crippen LogP contribution >= 0.6 is 27.5 Å². The van der Waals surface area contributed by atoms with Crippen molar-refractivity contribution in [2.75, 3.05) is 12.4 Å². The molecule has 0 saturated carbocycles. The van der Waals surface area contributed by atoms with Crippen LogP contribution in [0.15, 0.2) is 46.9 Å². The minimum absolute atomic E-state index is 0.255. The fourth-order valence-corrected chi connectivity index (χ4v) is 2.54. The molecule has 6 heteroatoms. The number of carbonyl (C=O) groups excluding carboxylic acids is 1. The van der Waals surface area contributed by atoms with Gasteiger partial charge in [-0.3, -0.25) is 4.79 Å². The third-order valence-corrected chi connectivity index (χ3v) is 3.76. The van der Waals surface area contributed by atoms with Gasteiger partial charge in [-0.1, -0.05) is 17.7 Å². The molecule has 1 atom stereocenters. The molecule has 0 unspecified atom stereocenters. The average Bonchev–Trinajstić information content (AvgIpc) is 2.50. The molecule has 116 valence electrons. The Morgan fingerprint density at radius 3 is 2.73 bits per heavy atom. The van der Waals surface area contributed by atoms with Crippen molar-refractivity contribution in [1.29, 1.82) is 0 Å². The number of methoxy groups -OCH3 is 1. The fraction of sp³-hybridized carbons (Fsp3) is 0.188. The van der Waals surface area contributed by atoms with E-state index in [1.165, 1.54) is 0 Å². The number of hydrogen-bond donors (Lipinski definition) is 1. The van der Waals surface area contributed by atoms with E-state index in [9.17, 15) is 4.79 Å². The SMILES string of the molecule is COc1cccc(NC(=O)[C@H](C)Oc2ccc(Cl)cc2Br)c1. The summed E-state index contributed by atoms with van der Waals surface area (Å²) in [5, 5.41) is 3.37. The van der Waals surface area contributed by atoms with Gasteiger partial charge in [0.15, 0.2) is 6.10 Å². The van der Waals surface area contributed by atoms with Gasteiger partial charge in [0.1, 0.15) is 11.5 Å².